The van der Waals surface area contributed by atoms with E-state index >= 15 is 0 Å². The van der Waals surface area contributed by atoms with Gasteiger partial charge in [-0.25, -0.2) is 4.79 Å². The fourth-order valence-corrected chi connectivity index (χ4v) is 1.12. The summed E-state index contributed by atoms with van der Waals surface area (Å²) < 4.78 is 0. The molecule has 80 valence electrons. The number of nitrogens with one attached hydrogen (secondary N) is 1. The number of carbonyl (C=O) groups excluding carboxylic acids is 1. The smallest absolute Gasteiger partial charge is 0.339 e. The molecule has 0 bridgehead atoms. The first kappa shape index (κ1) is 11.5. The molecule has 1 aromatic rings. The molecule has 0 aromatic heterocycles. The number of amides is 1. The second kappa shape index (κ2) is 4.79. The fraction of sp³-hybridized carbons (Fsp3) is 0.111. The highest BCUT2D eigenvalue weighted by atomic mass is 79.9. The van der Waals surface area contributed by atoms with Crippen LogP contribution in [0.3, 0.4) is 0 Å². The molecule has 0 spiro atoms. The average molecular weight is 274 g/mol. The lowest BCUT2D eigenvalue weighted by Crippen LogP contribution is -2.12. The van der Waals surface area contributed by atoms with Crippen molar-refractivity contribution in [1.29, 1.82) is 0 Å². The zero-order valence-corrected chi connectivity index (χ0v) is 9.11. The quantitative estimate of drug-likeness (QED) is 0.727. The maximum absolute atomic E-state index is 11.0. The van der Waals surface area contributed by atoms with E-state index in [9.17, 15) is 14.7 Å². The lowest BCUT2D eigenvalue weighted by atomic mass is 10.2. The van der Waals surface area contributed by atoms with Crippen molar-refractivity contribution in [2.24, 2.45) is 0 Å². The number of alkyl halides is 1. The molecular weight excluding hydrogens is 266 g/mol. The molecule has 0 unspecified atom stereocenters. The molecule has 0 aliphatic carbocycles. The molecule has 1 rings (SSSR count). The summed E-state index contributed by atoms with van der Waals surface area (Å²) in [4.78, 5) is 21.5. The predicted molar refractivity (Wildman–Crippen MR) is 57.5 cm³/mol. The highest BCUT2D eigenvalue weighted by Gasteiger charge is 2.10. The van der Waals surface area contributed by atoms with Crippen molar-refractivity contribution in [3.05, 3.63) is 23.8 Å². The van der Waals surface area contributed by atoms with Crippen molar-refractivity contribution < 1.29 is 19.8 Å². The van der Waals surface area contributed by atoms with E-state index in [0.29, 0.717) is 5.69 Å². The number of hydrogen-bond donors (Lipinski definition) is 3. The van der Waals surface area contributed by atoms with Crippen molar-refractivity contribution in [3.8, 4) is 5.75 Å². The van der Waals surface area contributed by atoms with Gasteiger partial charge in [0.25, 0.3) is 0 Å². The highest BCUT2D eigenvalue weighted by molar-refractivity contribution is 9.09. The Labute approximate surface area is 93.9 Å². The normalized spacial score (nSPS) is 9.67. The zero-order chi connectivity index (χ0) is 11.4. The number of carboxylic acids is 1. The van der Waals surface area contributed by atoms with Crippen LogP contribution in [0.25, 0.3) is 0 Å². The van der Waals surface area contributed by atoms with Crippen LogP contribution in [0.4, 0.5) is 5.69 Å². The van der Waals surface area contributed by atoms with Crippen LogP contribution < -0.4 is 5.32 Å². The van der Waals surface area contributed by atoms with Crippen molar-refractivity contribution >= 4 is 33.5 Å². The minimum absolute atomic E-state index is 0.133. The van der Waals surface area contributed by atoms with Crippen LogP contribution >= 0.6 is 15.9 Å². The monoisotopic (exact) mass is 273 g/mol. The molecular formula is C9H8BrNO4. The van der Waals surface area contributed by atoms with E-state index in [-0.39, 0.29) is 22.6 Å². The van der Waals surface area contributed by atoms with Crippen molar-refractivity contribution in [2.75, 3.05) is 10.6 Å². The van der Waals surface area contributed by atoms with E-state index in [1.165, 1.54) is 18.2 Å². The van der Waals surface area contributed by atoms with E-state index in [4.69, 9.17) is 5.11 Å². The number of carboxylic acid groups (broad SMARTS) is 1. The third-order valence-corrected chi connectivity index (χ3v) is 2.14. The number of benzene rings is 1. The minimum Gasteiger partial charge on any atom is -0.507 e. The number of halogens is 1. The van der Waals surface area contributed by atoms with Crippen LogP contribution in [-0.2, 0) is 4.79 Å². The summed E-state index contributed by atoms with van der Waals surface area (Å²) >= 11 is 2.96. The topological polar surface area (TPSA) is 86.6 Å². The Hall–Kier alpha value is -1.56. The standard InChI is InChI=1S/C9H8BrNO4/c10-4-8(13)11-5-1-2-6(9(14)15)7(12)3-5/h1-3,12H,4H2,(H,11,13)(H,14,15). The molecule has 6 heteroatoms. The second-order valence-corrected chi connectivity index (χ2v) is 3.28. The fourth-order valence-electron chi connectivity index (χ4n) is 0.985. The first-order valence-electron chi connectivity index (χ1n) is 3.96. The Morgan fingerprint density at radius 2 is 2.07 bits per heavy atom. The van der Waals surface area contributed by atoms with Crippen LogP contribution in [0, 0.1) is 0 Å². The number of aromatic hydroxyl groups is 1. The molecule has 15 heavy (non-hydrogen) atoms. The first-order valence-corrected chi connectivity index (χ1v) is 5.09. The van der Waals surface area contributed by atoms with Gasteiger partial charge in [0.05, 0.1) is 5.33 Å². The lowest BCUT2D eigenvalue weighted by Gasteiger charge is -2.05. The summed E-state index contributed by atoms with van der Waals surface area (Å²) in [6.45, 7) is 0. The van der Waals surface area contributed by atoms with Gasteiger partial charge in [0.2, 0.25) is 5.91 Å². The van der Waals surface area contributed by atoms with Crippen molar-refractivity contribution in [1.82, 2.24) is 0 Å². The van der Waals surface area contributed by atoms with E-state index in [2.05, 4.69) is 21.2 Å². The number of phenols is 1. The van der Waals surface area contributed by atoms with E-state index in [1.54, 1.807) is 0 Å². The molecule has 0 aliphatic heterocycles. The van der Waals surface area contributed by atoms with Crippen molar-refractivity contribution in [3.63, 3.8) is 0 Å². The van der Waals surface area contributed by atoms with Crippen LogP contribution in [0.2, 0.25) is 0 Å². The third kappa shape index (κ3) is 2.95. The molecule has 0 saturated carbocycles. The van der Waals surface area contributed by atoms with Crippen LogP contribution in [0.5, 0.6) is 5.75 Å². The van der Waals surface area contributed by atoms with E-state index < -0.39 is 5.97 Å². The van der Waals surface area contributed by atoms with Gasteiger partial charge in [-0.2, -0.15) is 0 Å². The summed E-state index contributed by atoms with van der Waals surface area (Å²) in [7, 11) is 0. The van der Waals surface area contributed by atoms with Gasteiger partial charge in [-0.15, -0.1) is 0 Å². The molecule has 0 atom stereocenters. The second-order valence-electron chi connectivity index (χ2n) is 2.72. The number of rotatable bonds is 3. The van der Waals surface area contributed by atoms with Crippen molar-refractivity contribution in [2.45, 2.75) is 0 Å². The van der Waals surface area contributed by atoms with Gasteiger partial charge in [-0.1, -0.05) is 15.9 Å². The summed E-state index contributed by atoms with van der Waals surface area (Å²) in [5.41, 5.74) is 0.147. The van der Waals surface area contributed by atoms with Crippen LogP contribution in [0.15, 0.2) is 18.2 Å². The Morgan fingerprint density at radius 1 is 1.40 bits per heavy atom. The SMILES string of the molecule is O=C(CBr)Nc1ccc(C(=O)O)c(O)c1. The lowest BCUT2D eigenvalue weighted by molar-refractivity contribution is -0.113. The van der Waals surface area contributed by atoms with Crippen LogP contribution in [-0.4, -0.2) is 27.4 Å². The minimum atomic E-state index is -1.22. The average Bonchev–Trinajstić information content (AvgIpc) is 2.17. The molecule has 0 heterocycles. The molecule has 1 aromatic carbocycles. The summed E-state index contributed by atoms with van der Waals surface area (Å²) in [6.07, 6.45) is 0. The third-order valence-electron chi connectivity index (χ3n) is 1.63. The Balaban J connectivity index is 2.91. The maximum atomic E-state index is 11.0. The van der Waals surface area contributed by atoms with Gasteiger partial charge in [-0.05, 0) is 12.1 Å². The summed E-state index contributed by atoms with van der Waals surface area (Å²) in [5.74, 6) is -1.88. The molecule has 1 amide bonds. The molecule has 3 N–H and O–H groups in total. The summed E-state index contributed by atoms with van der Waals surface area (Å²) in [6, 6.07) is 3.81. The van der Waals surface area contributed by atoms with E-state index in [0.717, 1.165) is 0 Å². The molecule has 0 fully saturated rings. The molecule has 0 radical (unpaired) electrons. The van der Waals surface area contributed by atoms with E-state index in [1.807, 2.05) is 0 Å². The molecule has 0 saturated heterocycles. The zero-order valence-electron chi connectivity index (χ0n) is 7.53. The number of anilines is 1. The van der Waals surface area contributed by atoms with Crippen LogP contribution in [0.1, 0.15) is 10.4 Å². The Kier molecular flexibility index (Phi) is 3.68. The number of aromatic carboxylic acids is 1. The number of carbonyl (C=O) groups is 2. The highest BCUT2D eigenvalue weighted by Crippen LogP contribution is 2.21. The molecule has 5 nitrogen and oxygen atoms in total. The van der Waals surface area contributed by atoms with Gasteiger partial charge in [0, 0.05) is 11.8 Å². The first-order chi connectivity index (χ1) is 7.04. The Bertz CT molecular complexity index is 405. The van der Waals surface area contributed by atoms with Gasteiger partial charge < -0.3 is 15.5 Å². The van der Waals surface area contributed by atoms with Gasteiger partial charge in [-0.3, -0.25) is 4.79 Å². The summed E-state index contributed by atoms with van der Waals surface area (Å²) in [5, 5.41) is 20.5. The van der Waals surface area contributed by atoms with Gasteiger partial charge >= 0.3 is 5.97 Å². The number of hydrogen-bond acceptors (Lipinski definition) is 3. The molecule has 0 aliphatic rings. The predicted octanol–water partition coefficient (Wildman–Crippen LogP) is 1.42. The van der Waals surface area contributed by atoms with Gasteiger partial charge in [0.1, 0.15) is 11.3 Å². The van der Waals surface area contributed by atoms with Gasteiger partial charge in [0.15, 0.2) is 0 Å². The largest absolute Gasteiger partial charge is 0.507 e. The Morgan fingerprint density at radius 3 is 2.53 bits per heavy atom. The maximum Gasteiger partial charge on any atom is 0.339 e.